The first kappa shape index (κ1) is 13.6. The topological polar surface area (TPSA) is 38.1 Å². The van der Waals surface area contributed by atoms with Gasteiger partial charge in [0, 0.05) is 35.5 Å². The maximum absolute atomic E-state index is 12.2. The zero-order chi connectivity index (χ0) is 14.1. The minimum atomic E-state index is 0.225. The molecule has 0 bridgehead atoms. The largest absolute Gasteiger partial charge is 0.312 e. The van der Waals surface area contributed by atoms with Crippen LogP contribution in [0.5, 0.6) is 0 Å². The molecule has 0 atom stereocenters. The molecule has 1 aliphatic heterocycles. The number of carbonyl (C=O) groups is 1. The van der Waals surface area contributed by atoms with E-state index in [1.54, 1.807) is 4.68 Å². The number of hydrogen-bond acceptors (Lipinski definition) is 2. The number of carbonyl (C=O) groups excluding carboxylic acids is 1. The van der Waals surface area contributed by atoms with Crippen LogP contribution in [0.3, 0.4) is 0 Å². The molecule has 4 nitrogen and oxygen atoms in total. The van der Waals surface area contributed by atoms with E-state index in [0.29, 0.717) is 6.42 Å². The lowest BCUT2D eigenvalue weighted by Gasteiger charge is -2.29. The molecule has 0 radical (unpaired) electrons. The number of fused-ring (bicyclic) bond motifs is 1. The van der Waals surface area contributed by atoms with Crippen LogP contribution < -0.4 is 4.90 Å². The SMILES string of the molecule is Cn1cc(CCN2C(=O)CCc3cc(I)ccc32)cn1. The molecule has 0 spiro atoms. The number of aromatic nitrogens is 2. The summed E-state index contributed by atoms with van der Waals surface area (Å²) < 4.78 is 3.02. The summed E-state index contributed by atoms with van der Waals surface area (Å²) in [5.74, 6) is 0.225. The molecule has 2 heterocycles. The first-order valence-electron chi connectivity index (χ1n) is 6.70. The van der Waals surface area contributed by atoms with Gasteiger partial charge in [-0.1, -0.05) is 0 Å². The maximum Gasteiger partial charge on any atom is 0.227 e. The third-order valence-corrected chi connectivity index (χ3v) is 4.30. The fourth-order valence-corrected chi connectivity index (χ4v) is 3.17. The number of benzene rings is 1. The minimum Gasteiger partial charge on any atom is -0.312 e. The number of halogens is 1. The van der Waals surface area contributed by atoms with Crippen molar-refractivity contribution in [2.24, 2.45) is 7.05 Å². The molecule has 0 saturated carbocycles. The van der Waals surface area contributed by atoms with Crippen LogP contribution in [-0.2, 0) is 24.7 Å². The fourth-order valence-electron chi connectivity index (χ4n) is 2.62. The van der Waals surface area contributed by atoms with Gasteiger partial charge in [-0.05, 0) is 64.8 Å². The van der Waals surface area contributed by atoms with E-state index >= 15 is 0 Å². The predicted molar refractivity (Wildman–Crippen MR) is 86.7 cm³/mol. The lowest BCUT2D eigenvalue weighted by atomic mass is 10.0. The van der Waals surface area contributed by atoms with E-state index < -0.39 is 0 Å². The number of amides is 1. The smallest absolute Gasteiger partial charge is 0.227 e. The summed E-state index contributed by atoms with van der Waals surface area (Å²) in [6.45, 7) is 0.720. The van der Waals surface area contributed by atoms with Gasteiger partial charge in [-0.15, -0.1) is 0 Å². The molecule has 1 amide bonds. The Morgan fingerprint density at radius 3 is 2.95 bits per heavy atom. The van der Waals surface area contributed by atoms with Gasteiger partial charge in [0.05, 0.1) is 6.20 Å². The second-order valence-corrected chi connectivity index (χ2v) is 6.34. The Labute approximate surface area is 131 Å². The number of nitrogens with zero attached hydrogens (tertiary/aromatic N) is 3. The van der Waals surface area contributed by atoms with Crippen LogP contribution in [0, 0.1) is 3.57 Å². The van der Waals surface area contributed by atoms with Crippen molar-refractivity contribution < 1.29 is 4.79 Å². The number of hydrogen-bond donors (Lipinski definition) is 0. The zero-order valence-corrected chi connectivity index (χ0v) is 13.5. The van der Waals surface area contributed by atoms with E-state index in [0.717, 1.165) is 30.6 Å². The fraction of sp³-hybridized carbons (Fsp3) is 0.333. The summed E-state index contributed by atoms with van der Waals surface area (Å²) in [6, 6.07) is 6.31. The summed E-state index contributed by atoms with van der Waals surface area (Å²) in [6.07, 6.45) is 6.17. The molecule has 0 fully saturated rings. The predicted octanol–water partition coefficient (Wildman–Crippen LogP) is 2.55. The van der Waals surface area contributed by atoms with Crippen molar-refractivity contribution in [1.29, 1.82) is 0 Å². The van der Waals surface area contributed by atoms with Gasteiger partial charge in [-0.3, -0.25) is 9.48 Å². The average Bonchev–Trinajstić information content (AvgIpc) is 2.83. The molecule has 1 aliphatic rings. The van der Waals surface area contributed by atoms with Crippen LogP contribution in [0.4, 0.5) is 5.69 Å². The molecule has 5 heteroatoms. The van der Waals surface area contributed by atoms with Gasteiger partial charge in [0.2, 0.25) is 5.91 Å². The molecule has 0 aliphatic carbocycles. The Balaban J connectivity index is 1.80. The van der Waals surface area contributed by atoms with E-state index in [9.17, 15) is 4.79 Å². The monoisotopic (exact) mass is 381 g/mol. The van der Waals surface area contributed by atoms with Gasteiger partial charge in [0.25, 0.3) is 0 Å². The minimum absolute atomic E-state index is 0.225. The summed E-state index contributed by atoms with van der Waals surface area (Å²) in [5, 5.41) is 4.17. The third kappa shape index (κ3) is 2.72. The second-order valence-electron chi connectivity index (χ2n) is 5.09. The van der Waals surface area contributed by atoms with Crippen molar-refractivity contribution in [1.82, 2.24) is 9.78 Å². The van der Waals surface area contributed by atoms with Gasteiger partial charge in [0.1, 0.15) is 0 Å². The highest BCUT2D eigenvalue weighted by atomic mass is 127. The molecule has 0 N–H and O–H groups in total. The molecular weight excluding hydrogens is 365 g/mol. The Hall–Kier alpha value is -1.37. The van der Waals surface area contributed by atoms with Crippen molar-refractivity contribution in [2.45, 2.75) is 19.3 Å². The maximum atomic E-state index is 12.2. The van der Waals surface area contributed by atoms with Gasteiger partial charge in [0.15, 0.2) is 0 Å². The number of aryl methyl sites for hydroxylation is 2. The van der Waals surface area contributed by atoms with Crippen molar-refractivity contribution >= 4 is 34.2 Å². The van der Waals surface area contributed by atoms with Crippen molar-refractivity contribution in [3.05, 3.63) is 45.3 Å². The molecule has 1 aromatic heterocycles. The van der Waals surface area contributed by atoms with E-state index in [1.165, 1.54) is 9.13 Å². The van der Waals surface area contributed by atoms with E-state index in [-0.39, 0.29) is 5.91 Å². The molecule has 20 heavy (non-hydrogen) atoms. The van der Waals surface area contributed by atoms with Crippen LogP contribution in [0.15, 0.2) is 30.6 Å². The summed E-state index contributed by atoms with van der Waals surface area (Å²) in [5.41, 5.74) is 3.52. The van der Waals surface area contributed by atoms with Crippen LogP contribution in [0.2, 0.25) is 0 Å². The van der Waals surface area contributed by atoms with Gasteiger partial charge >= 0.3 is 0 Å². The molecule has 104 valence electrons. The number of anilines is 1. The molecule has 0 saturated heterocycles. The first-order valence-corrected chi connectivity index (χ1v) is 7.77. The molecule has 3 rings (SSSR count). The molecule has 0 unspecified atom stereocenters. The highest BCUT2D eigenvalue weighted by molar-refractivity contribution is 14.1. The summed E-state index contributed by atoms with van der Waals surface area (Å²) in [4.78, 5) is 14.1. The van der Waals surface area contributed by atoms with Crippen molar-refractivity contribution in [2.75, 3.05) is 11.4 Å². The highest BCUT2D eigenvalue weighted by Gasteiger charge is 2.23. The third-order valence-electron chi connectivity index (χ3n) is 3.62. The highest BCUT2D eigenvalue weighted by Crippen LogP contribution is 2.29. The normalized spacial score (nSPS) is 14.5. The van der Waals surface area contributed by atoms with Crippen LogP contribution in [0.1, 0.15) is 17.5 Å². The van der Waals surface area contributed by atoms with Crippen molar-refractivity contribution in [3.63, 3.8) is 0 Å². The standard InChI is InChI=1S/C15H16IN3O/c1-18-10-11(9-17-18)6-7-19-14-4-3-13(16)8-12(14)2-5-15(19)20/h3-4,8-10H,2,5-7H2,1H3. The first-order chi connectivity index (χ1) is 9.63. The lowest BCUT2D eigenvalue weighted by molar-refractivity contribution is -0.118. The second kappa shape index (κ2) is 5.55. The summed E-state index contributed by atoms with van der Waals surface area (Å²) in [7, 11) is 1.91. The Kier molecular flexibility index (Phi) is 3.78. The van der Waals surface area contributed by atoms with Gasteiger partial charge < -0.3 is 4.90 Å². The molecule has 1 aromatic carbocycles. The van der Waals surface area contributed by atoms with Crippen LogP contribution in [-0.4, -0.2) is 22.2 Å². The average molecular weight is 381 g/mol. The Bertz CT molecular complexity index is 650. The van der Waals surface area contributed by atoms with E-state index in [1.807, 2.05) is 24.3 Å². The Morgan fingerprint density at radius 1 is 1.35 bits per heavy atom. The van der Waals surface area contributed by atoms with Crippen molar-refractivity contribution in [3.8, 4) is 0 Å². The van der Waals surface area contributed by atoms with E-state index in [4.69, 9.17) is 0 Å². The summed E-state index contributed by atoms with van der Waals surface area (Å²) >= 11 is 2.32. The Morgan fingerprint density at radius 2 is 2.20 bits per heavy atom. The van der Waals surface area contributed by atoms with E-state index in [2.05, 4.69) is 45.9 Å². The van der Waals surface area contributed by atoms with Gasteiger partial charge in [-0.2, -0.15) is 5.10 Å². The quantitative estimate of drug-likeness (QED) is 0.767. The van der Waals surface area contributed by atoms with Gasteiger partial charge in [-0.25, -0.2) is 0 Å². The molecular formula is C15H16IN3O. The lowest BCUT2D eigenvalue weighted by Crippen LogP contribution is -2.36. The van der Waals surface area contributed by atoms with Crippen LogP contribution in [0.25, 0.3) is 0 Å². The zero-order valence-electron chi connectivity index (χ0n) is 11.3. The van der Waals surface area contributed by atoms with Crippen LogP contribution >= 0.6 is 22.6 Å². The molecule has 2 aromatic rings. The number of rotatable bonds is 3.